The van der Waals surface area contributed by atoms with Crippen molar-refractivity contribution in [1.82, 2.24) is 19.7 Å². The lowest BCUT2D eigenvalue weighted by Gasteiger charge is -2.35. The molecule has 160 valence electrons. The van der Waals surface area contributed by atoms with Gasteiger partial charge in [0.2, 0.25) is 5.91 Å². The summed E-state index contributed by atoms with van der Waals surface area (Å²) in [6, 6.07) is 16.4. The van der Waals surface area contributed by atoms with Gasteiger partial charge in [-0.3, -0.25) is 9.48 Å². The van der Waals surface area contributed by atoms with Gasteiger partial charge in [-0.15, -0.1) is 0 Å². The number of benzene rings is 1. The molecule has 4 heterocycles. The minimum absolute atomic E-state index is 0.0425. The lowest BCUT2D eigenvalue weighted by Crippen LogP contribution is -2.46. The minimum atomic E-state index is 0.0425. The molecule has 1 unspecified atom stereocenters. The van der Waals surface area contributed by atoms with Gasteiger partial charge in [0.05, 0.1) is 17.3 Å². The molecule has 1 atom stereocenters. The number of amides is 1. The second kappa shape index (κ2) is 8.53. The fourth-order valence-corrected chi connectivity index (χ4v) is 5.05. The summed E-state index contributed by atoms with van der Waals surface area (Å²) in [4.78, 5) is 22.2. The zero-order valence-electron chi connectivity index (χ0n) is 18.1. The standard InChI is InChI=1S/C25H29N5O/c1-28-24(19-8-3-2-4-9-19)21-12-16-29(17-13-22(21)27-28)25(31)20-10-7-15-30(18-20)23-11-5-6-14-26-23/h2-6,8-9,11,14,20H,7,10,12-13,15-18H2,1H3. The first-order chi connectivity index (χ1) is 15.2. The highest BCUT2D eigenvalue weighted by atomic mass is 16.2. The number of aromatic nitrogens is 3. The van der Waals surface area contributed by atoms with Crippen molar-refractivity contribution in [2.75, 3.05) is 31.1 Å². The Morgan fingerprint density at radius 2 is 1.81 bits per heavy atom. The number of aryl methyl sites for hydroxylation is 1. The molecule has 0 radical (unpaired) electrons. The van der Waals surface area contributed by atoms with Gasteiger partial charge in [0.15, 0.2) is 0 Å². The predicted molar refractivity (Wildman–Crippen MR) is 122 cm³/mol. The van der Waals surface area contributed by atoms with Gasteiger partial charge in [-0.05, 0) is 31.4 Å². The summed E-state index contributed by atoms with van der Waals surface area (Å²) in [6.07, 6.45) is 5.49. The Morgan fingerprint density at radius 1 is 1.00 bits per heavy atom. The molecule has 0 bridgehead atoms. The summed E-state index contributed by atoms with van der Waals surface area (Å²) in [5, 5.41) is 4.81. The molecule has 1 fully saturated rings. The molecule has 2 aromatic heterocycles. The van der Waals surface area contributed by atoms with E-state index in [4.69, 9.17) is 5.10 Å². The van der Waals surface area contributed by atoms with Gasteiger partial charge in [0, 0.05) is 57.0 Å². The number of rotatable bonds is 3. The van der Waals surface area contributed by atoms with Gasteiger partial charge < -0.3 is 9.80 Å². The number of piperidine rings is 1. The predicted octanol–water partition coefficient (Wildman–Crippen LogP) is 3.33. The molecule has 0 N–H and O–H groups in total. The highest BCUT2D eigenvalue weighted by molar-refractivity contribution is 5.80. The van der Waals surface area contributed by atoms with Gasteiger partial charge in [-0.2, -0.15) is 5.10 Å². The average molecular weight is 416 g/mol. The molecule has 0 spiro atoms. The molecule has 1 saturated heterocycles. The highest BCUT2D eigenvalue weighted by Crippen LogP contribution is 2.29. The zero-order valence-corrected chi connectivity index (χ0v) is 18.1. The normalized spacial score (nSPS) is 19.1. The first kappa shape index (κ1) is 19.8. The monoisotopic (exact) mass is 415 g/mol. The number of pyridine rings is 1. The summed E-state index contributed by atoms with van der Waals surface area (Å²) in [5.74, 6) is 1.30. The van der Waals surface area contributed by atoms with E-state index in [1.807, 2.05) is 42.2 Å². The van der Waals surface area contributed by atoms with Crippen molar-refractivity contribution in [3.63, 3.8) is 0 Å². The first-order valence-electron chi connectivity index (χ1n) is 11.3. The molecular weight excluding hydrogens is 386 g/mol. The average Bonchev–Trinajstić information content (AvgIpc) is 3.00. The van der Waals surface area contributed by atoms with E-state index < -0.39 is 0 Å². The summed E-state index contributed by atoms with van der Waals surface area (Å²) in [7, 11) is 2.02. The third kappa shape index (κ3) is 3.94. The van der Waals surface area contributed by atoms with Crippen LogP contribution in [0, 0.1) is 5.92 Å². The Balaban J connectivity index is 1.30. The van der Waals surface area contributed by atoms with E-state index in [9.17, 15) is 4.79 Å². The minimum Gasteiger partial charge on any atom is -0.356 e. The Labute approximate surface area is 183 Å². The van der Waals surface area contributed by atoms with Crippen LogP contribution in [0.15, 0.2) is 54.7 Å². The van der Waals surface area contributed by atoms with E-state index in [1.165, 1.54) is 16.8 Å². The zero-order chi connectivity index (χ0) is 21.2. The van der Waals surface area contributed by atoms with E-state index in [0.717, 1.165) is 63.4 Å². The van der Waals surface area contributed by atoms with E-state index in [-0.39, 0.29) is 11.8 Å². The Kier molecular flexibility index (Phi) is 5.45. The first-order valence-corrected chi connectivity index (χ1v) is 11.3. The molecule has 6 nitrogen and oxygen atoms in total. The van der Waals surface area contributed by atoms with Crippen LogP contribution >= 0.6 is 0 Å². The Hall–Kier alpha value is -3.15. The maximum Gasteiger partial charge on any atom is 0.227 e. The van der Waals surface area contributed by atoms with Crippen LogP contribution < -0.4 is 4.90 Å². The van der Waals surface area contributed by atoms with Crippen molar-refractivity contribution in [2.45, 2.75) is 25.7 Å². The Bertz CT molecular complexity index is 1050. The second-order valence-electron chi connectivity index (χ2n) is 8.56. The number of hydrogen-bond donors (Lipinski definition) is 0. The van der Waals surface area contributed by atoms with Gasteiger partial charge in [0.1, 0.15) is 5.82 Å². The second-order valence-corrected chi connectivity index (χ2v) is 8.56. The summed E-state index contributed by atoms with van der Waals surface area (Å²) in [6.45, 7) is 3.24. The lowest BCUT2D eigenvalue weighted by molar-refractivity contribution is -0.135. The third-order valence-electron chi connectivity index (χ3n) is 6.58. The van der Waals surface area contributed by atoms with E-state index in [2.05, 4.69) is 39.0 Å². The van der Waals surface area contributed by atoms with Gasteiger partial charge >= 0.3 is 0 Å². The summed E-state index contributed by atoms with van der Waals surface area (Å²) in [5.41, 5.74) is 4.80. The number of carbonyl (C=O) groups is 1. The van der Waals surface area contributed by atoms with Crippen LogP contribution in [0.3, 0.4) is 0 Å². The quantitative estimate of drug-likeness (QED) is 0.659. The number of hydrogen-bond acceptors (Lipinski definition) is 4. The molecule has 3 aromatic rings. The summed E-state index contributed by atoms with van der Waals surface area (Å²) < 4.78 is 2.00. The van der Waals surface area contributed by atoms with Crippen LogP contribution in [0.5, 0.6) is 0 Å². The molecule has 6 heteroatoms. The van der Waals surface area contributed by atoms with Crippen LogP contribution in [0.1, 0.15) is 24.1 Å². The largest absolute Gasteiger partial charge is 0.356 e. The van der Waals surface area contributed by atoms with Gasteiger partial charge in [0.25, 0.3) is 0 Å². The van der Waals surface area contributed by atoms with E-state index in [1.54, 1.807) is 0 Å². The fraction of sp³-hybridized carbons (Fsp3) is 0.400. The van der Waals surface area contributed by atoms with Crippen molar-refractivity contribution < 1.29 is 4.79 Å². The number of carbonyl (C=O) groups excluding carboxylic acids is 1. The molecule has 2 aliphatic rings. The molecule has 0 saturated carbocycles. The fourth-order valence-electron chi connectivity index (χ4n) is 5.05. The van der Waals surface area contributed by atoms with E-state index >= 15 is 0 Å². The molecule has 5 rings (SSSR count). The van der Waals surface area contributed by atoms with Crippen molar-refractivity contribution >= 4 is 11.7 Å². The molecule has 1 amide bonds. The van der Waals surface area contributed by atoms with Gasteiger partial charge in [-0.1, -0.05) is 36.4 Å². The summed E-state index contributed by atoms with van der Waals surface area (Å²) >= 11 is 0. The van der Waals surface area contributed by atoms with Crippen LogP contribution in [0.2, 0.25) is 0 Å². The van der Waals surface area contributed by atoms with Crippen molar-refractivity contribution in [2.24, 2.45) is 13.0 Å². The molecule has 2 aliphatic heterocycles. The Morgan fingerprint density at radius 3 is 2.61 bits per heavy atom. The van der Waals surface area contributed by atoms with Crippen LogP contribution in [0.25, 0.3) is 11.3 Å². The number of fused-ring (bicyclic) bond motifs is 1. The molecule has 0 aliphatic carbocycles. The highest BCUT2D eigenvalue weighted by Gasteiger charge is 2.31. The molecule has 1 aromatic carbocycles. The maximum absolute atomic E-state index is 13.4. The van der Waals surface area contributed by atoms with Gasteiger partial charge in [-0.25, -0.2) is 4.98 Å². The van der Waals surface area contributed by atoms with Crippen LogP contribution in [-0.2, 0) is 24.7 Å². The molecular formula is C25H29N5O. The van der Waals surface area contributed by atoms with Crippen molar-refractivity contribution in [1.29, 1.82) is 0 Å². The van der Waals surface area contributed by atoms with E-state index in [0.29, 0.717) is 0 Å². The molecule has 31 heavy (non-hydrogen) atoms. The third-order valence-corrected chi connectivity index (χ3v) is 6.58. The smallest absolute Gasteiger partial charge is 0.227 e. The number of nitrogens with zero attached hydrogens (tertiary/aromatic N) is 5. The van der Waals surface area contributed by atoms with Crippen LogP contribution in [0.4, 0.5) is 5.82 Å². The SMILES string of the molecule is Cn1nc2c(c1-c1ccccc1)CCN(C(=O)C1CCCN(c3ccccn3)C1)CC2. The van der Waals surface area contributed by atoms with Crippen LogP contribution in [-0.4, -0.2) is 51.8 Å². The topological polar surface area (TPSA) is 54.3 Å². The van der Waals surface area contributed by atoms with Crippen molar-refractivity contribution in [3.8, 4) is 11.3 Å². The maximum atomic E-state index is 13.4. The van der Waals surface area contributed by atoms with Crippen molar-refractivity contribution in [3.05, 3.63) is 66.0 Å². The lowest BCUT2D eigenvalue weighted by atomic mass is 9.96. The number of anilines is 1.